The van der Waals surface area contributed by atoms with E-state index in [1.165, 1.54) is 6.07 Å². The lowest BCUT2D eigenvalue weighted by molar-refractivity contribution is -0.387. The molecule has 0 saturated heterocycles. The average molecular weight is 384 g/mol. The van der Waals surface area contributed by atoms with Crippen LogP contribution in [0.3, 0.4) is 0 Å². The monoisotopic (exact) mass is 383 g/mol. The second kappa shape index (κ2) is 8.06. The number of nitrogens with zero attached hydrogens (tertiary/aromatic N) is 1. The Labute approximate surface area is 149 Å². The van der Waals surface area contributed by atoms with Crippen molar-refractivity contribution in [2.45, 2.75) is 4.90 Å². The Bertz CT molecular complexity index is 887. The summed E-state index contributed by atoms with van der Waals surface area (Å²) in [6.07, 6.45) is 0. The van der Waals surface area contributed by atoms with Crippen LogP contribution in [0, 0.1) is 10.1 Å². The summed E-state index contributed by atoms with van der Waals surface area (Å²) < 4.78 is 26.6. The normalized spacial score (nSPS) is 11.1. The summed E-state index contributed by atoms with van der Waals surface area (Å²) in [5.74, 6) is -0.350. The first-order valence-corrected chi connectivity index (χ1v) is 8.94. The van der Waals surface area contributed by atoms with Crippen LogP contribution in [-0.2, 0) is 10.0 Å². The minimum Gasteiger partial charge on any atom is -0.351 e. The summed E-state index contributed by atoms with van der Waals surface area (Å²) in [7, 11) is -4.12. The highest BCUT2D eigenvalue weighted by atomic mass is 35.5. The van der Waals surface area contributed by atoms with Gasteiger partial charge in [-0.05, 0) is 24.3 Å². The zero-order valence-corrected chi connectivity index (χ0v) is 14.4. The molecule has 0 fully saturated rings. The number of hydrogen-bond acceptors (Lipinski definition) is 5. The molecule has 0 aliphatic heterocycles. The van der Waals surface area contributed by atoms with Crippen molar-refractivity contribution in [1.82, 2.24) is 10.0 Å². The molecule has 0 heterocycles. The Balaban J connectivity index is 1.99. The molecular weight excluding hydrogens is 370 g/mol. The lowest BCUT2D eigenvalue weighted by atomic mass is 10.2. The minimum absolute atomic E-state index is 0.0222. The van der Waals surface area contributed by atoms with Crippen LogP contribution in [0.2, 0.25) is 5.02 Å². The number of amides is 1. The molecule has 25 heavy (non-hydrogen) atoms. The predicted molar refractivity (Wildman–Crippen MR) is 92.1 cm³/mol. The fraction of sp³-hybridized carbons (Fsp3) is 0.133. The Kier molecular flexibility index (Phi) is 6.07. The number of carbonyl (C=O) groups is 1. The summed E-state index contributed by atoms with van der Waals surface area (Å²) in [6, 6.07) is 11.7. The maximum absolute atomic E-state index is 12.2. The Morgan fingerprint density at radius 3 is 2.44 bits per heavy atom. The van der Waals surface area contributed by atoms with E-state index in [2.05, 4.69) is 10.0 Å². The van der Waals surface area contributed by atoms with E-state index >= 15 is 0 Å². The SMILES string of the molecule is O=C(NCCNS(=O)(=O)c1ccc(Cl)cc1[N+](=O)[O-])c1ccccc1. The fourth-order valence-electron chi connectivity index (χ4n) is 1.99. The Morgan fingerprint density at radius 1 is 1.12 bits per heavy atom. The second-order valence-corrected chi connectivity index (χ2v) is 7.06. The van der Waals surface area contributed by atoms with Crippen molar-refractivity contribution in [2.24, 2.45) is 0 Å². The number of benzene rings is 2. The van der Waals surface area contributed by atoms with E-state index < -0.39 is 25.5 Å². The second-order valence-electron chi connectivity index (χ2n) is 4.89. The van der Waals surface area contributed by atoms with Gasteiger partial charge in [0.1, 0.15) is 0 Å². The van der Waals surface area contributed by atoms with Crippen LogP contribution in [-0.4, -0.2) is 32.3 Å². The molecular formula is C15H14ClN3O5S. The van der Waals surface area contributed by atoms with Crippen LogP contribution in [0.25, 0.3) is 0 Å². The number of rotatable bonds is 7. The van der Waals surface area contributed by atoms with Crippen LogP contribution >= 0.6 is 11.6 Å². The van der Waals surface area contributed by atoms with Crippen LogP contribution in [0.15, 0.2) is 53.4 Å². The van der Waals surface area contributed by atoms with Gasteiger partial charge >= 0.3 is 0 Å². The first-order chi connectivity index (χ1) is 11.8. The van der Waals surface area contributed by atoms with Crippen molar-refractivity contribution in [3.8, 4) is 0 Å². The molecule has 0 aliphatic carbocycles. The van der Waals surface area contributed by atoms with Gasteiger partial charge < -0.3 is 5.32 Å². The number of halogens is 1. The third-order valence-electron chi connectivity index (χ3n) is 3.15. The quantitative estimate of drug-likeness (QED) is 0.430. The molecule has 2 aromatic carbocycles. The van der Waals surface area contributed by atoms with E-state index in [0.29, 0.717) is 5.56 Å². The largest absolute Gasteiger partial charge is 0.351 e. The molecule has 132 valence electrons. The zero-order chi connectivity index (χ0) is 18.4. The fourth-order valence-corrected chi connectivity index (χ4v) is 3.34. The molecule has 0 saturated carbocycles. The van der Waals surface area contributed by atoms with Gasteiger partial charge in [-0.1, -0.05) is 29.8 Å². The van der Waals surface area contributed by atoms with Gasteiger partial charge in [-0.3, -0.25) is 14.9 Å². The number of hydrogen-bond donors (Lipinski definition) is 2. The highest BCUT2D eigenvalue weighted by Crippen LogP contribution is 2.26. The number of nitro groups is 1. The lowest BCUT2D eigenvalue weighted by Crippen LogP contribution is -2.34. The third kappa shape index (κ3) is 4.99. The van der Waals surface area contributed by atoms with Gasteiger partial charge in [0.25, 0.3) is 11.6 Å². The maximum Gasteiger partial charge on any atom is 0.290 e. The van der Waals surface area contributed by atoms with Gasteiger partial charge in [0.05, 0.1) is 4.92 Å². The van der Waals surface area contributed by atoms with Crippen molar-refractivity contribution in [3.05, 3.63) is 69.2 Å². The molecule has 2 N–H and O–H groups in total. The lowest BCUT2D eigenvalue weighted by Gasteiger charge is -2.09. The summed E-state index contributed by atoms with van der Waals surface area (Å²) in [5, 5.41) is 13.6. The maximum atomic E-state index is 12.2. The molecule has 0 aliphatic rings. The predicted octanol–water partition coefficient (Wildman–Crippen LogP) is 1.96. The molecule has 0 aromatic heterocycles. The number of carbonyl (C=O) groups excluding carboxylic acids is 1. The van der Waals surface area contributed by atoms with Gasteiger partial charge in [-0.2, -0.15) is 0 Å². The molecule has 0 radical (unpaired) electrons. The Hall–Kier alpha value is -2.49. The molecule has 0 unspecified atom stereocenters. The molecule has 0 spiro atoms. The first kappa shape index (κ1) is 18.8. The first-order valence-electron chi connectivity index (χ1n) is 7.08. The van der Waals surface area contributed by atoms with Crippen molar-refractivity contribution < 1.29 is 18.1 Å². The average Bonchev–Trinajstić information content (AvgIpc) is 2.59. The molecule has 8 nitrogen and oxygen atoms in total. The summed E-state index contributed by atoms with van der Waals surface area (Å²) in [6.45, 7) is -0.102. The molecule has 10 heteroatoms. The van der Waals surface area contributed by atoms with Gasteiger partial charge in [0, 0.05) is 29.7 Å². The number of sulfonamides is 1. The molecule has 1 amide bonds. The molecule has 2 rings (SSSR count). The van der Waals surface area contributed by atoms with Crippen molar-refractivity contribution in [2.75, 3.05) is 13.1 Å². The van der Waals surface area contributed by atoms with E-state index in [0.717, 1.165) is 12.1 Å². The summed E-state index contributed by atoms with van der Waals surface area (Å²) >= 11 is 5.66. The third-order valence-corrected chi connectivity index (χ3v) is 4.89. The zero-order valence-electron chi connectivity index (χ0n) is 12.8. The Morgan fingerprint density at radius 2 is 1.80 bits per heavy atom. The van der Waals surface area contributed by atoms with Crippen LogP contribution < -0.4 is 10.0 Å². The van der Waals surface area contributed by atoms with Crippen molar-refractivity contribution in [3.63, 3.8) is 0 Å². The molecule has 0 bridgehead atoms. The van der Waals surface area contributed by atoms with E-state index in [1.54, 1.807) is 30.3 Å². The van der Waals surface area contributed by atoms with Crippen LogP contribution in [0.5, 0.6) is 0 Å². The van der Waals surface area contributed by atoms with Gasteiger partial charge in [-0.15, -0.1) is 0 Å². The van der Waals surface area contributed by atoms with Crippen LogP contribution in [0.4, 0.5) is 5.69 Å². The molecule has 0 atom stereocenters. The standard InChI is InChI=1S/C15H14ClN3O5S/c16-12-6-7-14(13(10-12)19(21)22)25(23,24)18-9-8-17-15(20)11-4-2-1-3-5-11/h1-7,10,18H,8-9H2,(H,17,20). The van der Waals surface area contributed by atoms with E-state index in [-0.39, 0.29) is 24.0 Å². The smallest absolute Gasteiger partial charge is 0.290 e. The van der Waals surface area contributed by atoms with Gasteiger partial charge in [-0.25, -0.2) is 13.1 Å². The summed E-state index contributed by atoms with van der Waals surface area (Å²) in [5.41, 5.74) is -0.174. The van der Waals surface area contributed by atoms with Crippen molar-refractivity contribution in [1.29, 1.82) is 0 Å². The van der Waals surface area contributed by atoms with Crippen molar-refractivity contribution >= 4 is 33.2 Å². The number of nitrogens with one attached hydrogen (secondary N) is 2. The topological polar surface area (TPSA) is 118 Å². The van der Waals surface area contributed by atoms with E-state index in [9.17, 15) is 23.3 Å². The molecule has 2 aromatic rings. The van der Waals surface area contributed by atoms with Gasteiger partial charge in [0.2, 0.25) is 10.0 Å². The van der Waals surface area contributed by atoms with E-state index in [1.807, 2.05) is 0 Å². The highest BCUT2D eigenvalue weighted by Gasteiger charge is 2.25. The minimum atomic E-state index is -4.12. The van der Waals surface area contributed by atoms with E-state index in [4.69, 9.17) is 11.6 Å². The summed E-state index contributed by atoms with van der Waals surface area (Å²) in [4.78, 5) is 21.5. The van der Waals surface area contributed by atoms with Crippen LogP contribution in [0.1, 0.15) is 10.4 Å². The highest BCUT2D eigenvalue weighted by molar-refractivity contribution is 7.89. The van der Waals surface area contributed by atoms with Gasteiger partial charge in [0.15, 0.2) is 4.90 Å². The number of nitro benzene ring substituents is 1.